The van der Waals surface area contributed by atoms with Gasteiger partial charge in [0.2, 0.25) is 5.91 Å². The summed E-state index contributed by atoms with van der Waals surface area (Å²) >= 11 is 0. The van der Waals surface area contributed by atoms with Crippen LogP contribution in [0.1, 0.15) is 12.8 Å². The van der Waals surface area contributed by atoms with Crippen LogP contribution in [0.2, 0.25) is 0 Å². The van der Waals surface area contributed by atoms with E-state index in [1.165, 1.54) is 15.8 Å². The van der Waals surface area contributed by atoms with E-state index in [4.69, 9.17) is 5.73 Å². The number of carbonyl (C=O) groups excluding carboxylic acids is 2. The molecule has 9 nitrogen and oxygen atoms in total. The lowest BCUT2D eigenvalue weighted by Gasteiger charge is -2.30. The van der Waals surface area contributed by atoms with Crippen molar-refractivity contribution in [3.8, 4) is 0 Å². The van der Waals surface area contributed by atoms with Crippen LogP contribution in [0, 0.1) is 0 Å². The number of aromatic nitrogens is 3. The monoisotopic (exact) mass is 295 g/mol. The van der Waals surface area contributed by atoms with Gasteiger partial charge >= 0.3 is 6.03 Å². The van der Waals surface area contributed by atoms with Gasteiger partial charge in [0.1, 0.15) is 6.54 Å². The maximum absolute atomic E-state index is 12.1. The number of nitrogens with one attached hydrogen (secondary N) is 1. The average Bonchev–Trinajstić information content (AvgIpc) is 2.85. The lowest BCUT2D eigenvalue weighted by Crippen LogP contribution is -2.46. The summed E-state index contributed by atoms with van der Waals surface area (Å²) < 4.78 is 1.41. The van der Waals surface area contributed by atoms with Crippen molar-refractivity contribution in [2.24, 2.45) is 5.73 Å². The van der Waals surface area contributed by atoms with Crippen molar-refractivity contribution in [1.82, 2.24) is 24.8 Å². The summed E-state index contributed by atoms with van der Waals surface area (Å²) in [7, 11) is 3.26. The van der Waals surface area contributed by atoms with Gasteiger partial charge in [0, 0.05) is 33.2 Å². The minimum absolute atomic E-state index is 0.0412. The molecule has 2 rings (SSSR count). The second-order valence-electron chi connectivity index (χ2n) is 5.37. The van der Waals surface area contributed by atoms with Gasteiger partial charge in [-0.1, -0.05) is 5.21 Å². The summed E-state index contributed by atoms with van der Waals surface area (Å²) in [5, 5.41) is 10.2. The molecule has 1 aliphatic heterocycles. The molecule has 1 aliphatic rings. The topological polar surface area (TPSA) is 109 Å². The molecule has 0 bridgehead atoms. The van der Waals surface area contributed by atoms with Crippen LogP contribution in [0.15, 0.2) is 6.20 Å². The quantitative estimate of drug-likeness (QED) is 0.768. The summed E-state index contributed by atoms with van der Waals surface area (Å²) in [6.45, 7) is 1.40. The van der Waals surface area contributed by atoms with Crippen LogP contribution in [-0.4, -0.2) is 70.0 Å². The molecule has 21 heavy (non-hydrogen) atoms. The van der Waals surface area contributed by atoms with Gasteiger partial charge in [-0.2, -0.15) is 0 Å². The van der Waals surface area contributed by atoms with E-state index in [-0.39, 0.29) is 24.5 Å². The molecule has 0 spiro atoms. The minimum Gasteiger partial charge on any atom is -0.340 e. The SMILES string of the molecule is CN(C)C(=O)Nc1cn(CC(=O)N2CCCC(N)C2)nn1. The zero-order valence-corrected chi connectivity index (χ0v) is 12.3. The molecular weight excluding hydrogens is 274 g/mol. The molecule has 116 valence electrons. The second kappa shape index (κ2) is 6.53. The van der Waals surface area contributed by atoms with Crippen molar-refractivity contribution < 1.29 is 9.59 Å². The van der Waals surface area contributed by atoms with Gasteiger partial charge < -0.3 is 15.5 Å². The molecule has 1 atom stereocenters. The van der Waals surface area contributed by atoms with Crippen molar-refractivity contribution in [1.29, 1.82) is 0 Å². The zero-order valence-electron chi connectivity index (χ0n) is 12.3. The highest BCUT2D eigenvalue weighted by Gasteiger charge is 2.21. The molecule has 3 amide bonds. The molecule has 0 aliphatic carbocycles. The van der Waals surface area contributed by atoms with E-state index in [2.05, 4.69) is 15.6 Å². The Morgan fingerprint density at radius 1 is 1.52 bits per heavy atom. The van der Waals surface area contributed by atoms with Gasteiger partial charge in [0.25, 0.3) is 0 Å². The van der Waals surface area contributed by atoms with E-state index >= 15 is 0 Å². The van der Waals surface area contributed by atoms with Crippen molar-refractivity contribution in [3.63, 3.8) is 0 Å². The number of piperidine rings is 1. The number of nitrogens with zero attached hydrogens (tertiary/aromatic N) is 5. The first-order valence-corrected chi connectivity index (χ1v) is 6.87. The third-order valence-corrected chi connectivity index (χ3v) is 3.29. The molecule has 1 saturated heterocycles. The van der Waals surface area contributed by atoms with E-state index < -0.39 is 0 Å². The summed E-state index contributed by atoms with van der Waals surface area (Å²) in [4.78, 5) is 26.7. The summed E-state index contributed by atoms with van der Waals surface area (Å²) in [5.41, 5.74) is 5.86. The van der Waals surface area contributed by atoms with E-state index in [1.54, 1.807) is 19.0 Å². The summed E-state index contributed by atoms with van der Waals surface area (Å²) in [5.74, 6) is 0.275. The van der Waals surface area contributed by atoms with Crippen LogP contribution in [-0.2, 0) is 11.3 Å². The fourth-order valence-electron chi connectivity index (χ4n) is 2.13. The molecule has 0 radical (unpaired) electrons. The number of carbonyl (C=O) groups is 2. The summed E-state index contributed by atoms with van der Waals surface area (Å²) in [6, 6.07) is -0.247. The van der Waals surface area contributed by atoms with E-state index in [1.807, 2.05) is 0 Å². The standard InChI is InChI=1S/C12H21N7O2/c1-17(2)12(21)14-10-7-19(16-15-10)8-11(20)18-5-3-4-9(13)6-18/h7,9H,3-6,8,13H2,1-2H3,(H,14,21). The molecule has 1 fully saturated rings. The number of hydrogen-bond donors (Lipinski definition) is 2. The Labute approximate surface area is 123 Å². The molecular formula is C12H21N7O2. The molecule has 1 aromatic rings. The van der Waals surface area contributed by atoms with Crippen molar-refractivity contribution >= 4 is 17.8 Å². The Morgan fingerprint density at radius 2 is 2.29 bits per heavy atom. The maximum atomic E-state index is 12.1. The lowest BCUT2D eigenvalue weighted by molar-refractivity contribution is -0.133. The Bertz CT molecular complexity index is 513. The summed E-state index contributed by atoms with van der Waals surface area (Å²) in [6.07, 6.45) is 3.41. The molecule has 0 aromatic carbocycles. The Morgan fingerprint density at radius 3 is 2.95 bits per heavy atom. The number of rotatable bonds is 3. The molecule has 1 aromatic heterocycles. The second-order valence-corrected chi connectivity index (χ2v) is 5.37. The van der Waals surface area contributed by atoms with E-state index in [9.17, 15) is 9.59 Å². The highest BCUT2D eigenvalue weighted by molar-refractivity contribution is 5.87. The average molecular weight is 295 g/mol. The Balaban J connectivity index is 1.90. The van der Waals surface area contributed by atoms with Crippen molar-refractivity contribution in [3.05, 3.63) is 6.20 Å². The van der Waals surface area contributed by atoms with Gasteiger partial charge in [-0.3, -0.25) is 10.1 Å². The molecule has 0 saturated carbocycles. The predicted molar refractivity (Wildman–Crippen MR) is 76.5 cm³/mol. The Hall–Kier alpha value is -2.16. The number of likely N-dealkylation sites (tertiary alicyclic amines) is 1. The van der Waals surface area contributed by atoms with Crippen molar-refractivity contribution in [2.75, 3.05) is 32.5 Å². The normalized spacial score (nSPS) is 18.4. The van der Waals surface area contributed by atoms with Crippen LogP contribution >= 0.6 is 0 Å². The fraction of sp³-hybridized carbons (Fsp3) is 0.667. The van der Waals surface area contributed by atoms with Gasteiger partial charge in [0.15, 0.2) is 5.82 Å². The first kappa shape index (κ1) is 15.2. The number of anilines is 1. The maximum Gasteiger partial charge on any atom is 0.322 e. The minimum atomic E-state index is -0.296. The fourth-order valence-corrected chi connectivity index (χ4v) is 2.13. The van der Waals surface area contributed by atoms with Crippen LogP contribution in [0.3, 0.4) is 0 Å². The molecule has 1 unspecified atom stereocenters. The van der Waals surface area contributed by atoms with Crippen molar-refractivity contribution in [2.45, 2.75) is 25.4 Å². The number of amides is 3. The highest BCUT2D eigenvalue weighted by Crippen LogP contribution is 2.09. The number of nitrogens with two attached hydrogens (primary N) is 1. The third-order valence-electron chi connectivity index (χ3n) is 3.29. The molecule has 3 N–H and O–H groups in total. The van der Waals surface area contributed by atoms with Gasteiger partial charge in [-0.05, 0) is 12.8 Å². The first-order chi connectivity index (χ1) is 9.95. The Kier molecular flexibility index (Phi) is 4.73. The lowest BCUT2D eigenvalue weighted by atomic mass is 10.1. The molecule has 9 heteroatoms. The van der Waals surface area contributed by atoms with Gasteiger partial charge in [-0.25, -0.2) is 9.48 Å². The van der Waals surface area contributed by atoms with Gasteiger partial charge in [-0.15, -0.1) is 5.10 Å². The molecule has 2 heterocycles. The smallest absolute Gasteiger partial charge is 0.322 e. The number of hydrogen-bond acceptors (Lipinski definition) is 5. The van der Waals surface area contributed by atoms with Crippen LogP contribution in [0.25, 0.3) is 0 Å². The van der Waals surface area contributed by atoms with Crippen LogP contribution < -0.4 is 11.1 Å². The van der Waals surface area contributed by atoms with Gasteiger partial charge in [0.05, 0.1) is 6.20 Å². The first-order valence-electron chi connectivity index (χ1n) is 6.87. The zero-order chi connectivity index (χ0) is 15.4. The van der Waals surface area contributed by atoms with Crippen LogP contribution in [0.4, 0.5) is 10.6 Å². The number of urea groups is 1. The third kappa shape index (κ3) is 4.15. The van der Waals surface area contributed by atoms with E-state index in [0.29, 0.717) is 12.4 Å². The highest BCUT2D eigenvalue weighted by atomic mass is 16.2. The largest absolute Gasteiger partial charge is 0.340 e. The van der Waals surface area contributed by atoms with E-state index in [0.717, 1.165) is 19.4 Å². The predicted octanol–water partition coefficient (Wildman–Crippen LogP) is -0.679. The van der Waals surface area contributed by atoms with Crippen LogP contribution in [0.5, 0.6) is 0 Å².